The summed E-state index contributed by atoms with van der Waals surface area (Å²) in [4.78, 5) is 38.3. The van der Waals surface area contributed by atoms with E-state index in [0.29, 0.717) is 19.4 Å². The number of ether oxygens (including phenoxy) is 2. The van der Waals surface area contributed by atoms with Gasteiger partial charge in [0.2, 0.25) is 5.91 Å². The highest BCUT2D eigenvalue weighted by molar-refractivity contribution is 5.98. The number of aliphatic carboxylic acids is 1. The van der Waals surface area contributed by atoms with Crippen molar-refractivity contribution in [1.29, 1.82) is 5.26 Å². The molecule has 0 aromatic heterocycles. The molecule has 2 bridgehead atoms. The van der Waals surface area contributed by atoms with E-state index in [2.05, 4.69) is 23.6 Å². The second-order valence-corrected chi connectivity index (χ2v) is 12.4. The molecule has 4 unspecified atom stereocenters. The van der Waals surface area contributed by atoms with E-state index in [9.17, 15) is 24.8 Å². The molecule has 4 saturated carbocycles. The molecule has 0 spiro atoms. The van der Waals surface area contributed by atoms with E-state index in [-0.39, 0.29) is 69.8 Å². The first kappa shape index (κ1) is 26.3. The van der Waals surface area contributed by atoms with Crippen molar-refractivity contribution < 1.29 is 29.0 Å². The molecule has 4 atom stereocenters. The number of nitriles is 1. The Hall–Kier alpha value is -3.28. The van der Waals surface area contributed by atoms with Crippen molar-refractivity contribution >= 4 is 17.8 Å². The Balaban J connectivity index is 1.32. The molecule has 4 aliphatic rings. The van der Waals surface area contributed by atoms with Crippen molar-refractivity contribution in [2.45, 2.75) is 77.4 Å². The minimum atomic E-state index is -0.876. The topological polar surface area (TPSA) is 138 Å². The summed E-state index contributed by atoms with van der Waals surface area (Å²) in [6.07, 6.45) is 6.67. The van der Waals surface area contributed by atoms with Crippen LogP contribution in [0.4, 0.5) is 0 Å². The van der Waals surface area contributed by atoms with Gasteiger partial charge in [-0.1, -0.05) is 13.3 Å². The van der Waals surface area contributed by atoms with Crippen molar-refractivity contribution in [2.75, 3.05) is 13.7 Å². The van der Waals surface area contributed by atoms with Crippen molar-refractivity contribution in [3.63, 3.8) is 0 Å². The zero-order chi connectivity index (χ0) is 27.2. The second kappa shape index (κ2) is 9.79. The number of hydrogen-bond acceptors (Lipinski definition) is 6. The van der Waals surface area contributed by atoms with Gasteiger partial charge in [-0.2, -0.15) is 5.26 Å². The minimum absolute atomic E-state index is 0.0258. The third kappa shape index (κ3) is 4.70. The number of carboxylic acids is 1. The molecule has 0 saturated heterocycles. The van der Waals surface area contributed by atoms with Crippen molar-refractivity contribution in [3.05, 3.63) is 23.3 Å². The zero-order valence-corrected chi connectivity index (χ0v) is 22.3. The molecule has 3 N–H and O–H groups in total. The fourth-order valence-corrected chi connectivity index (χ4v) is 6.95. The highest BCUT2D eigenvalue weighted by Gasteiger charge is 2.52. The zero-order valence-electron chi connectivity index (χ0n) is 22.3. The van der Waals surface area contributed by atoms with E-state index in [4.69, 9.17) is 9.47 Å². The summed E-state index contributed by atoms with van der Waals surface area (Å²) in [5.41, 5.74) is -0.229. The molecule has 0 aliphatic heterocycles. The highest BCUT2D eigenvalue weighted by atomic mass is 16.5. The maximum absolute atomic E-state index is 13.6. The van der Waals surface area contributed by atoms with E-state index in [1.807, 2.05) is 0 Å². The summed E-state index contributed by atoms with van der Waals surface area (Å²) in [5.74, 6) is -0.487. The molecule has 0 heterocycles. The number of nitrogens with one attached hydrogen (secondary N) is 2. The first-order valence-electron chi connectivity index (χ1n) is 13.7. The van der Waals surface area contributed by atoms with Crippen LogP contribution in [0.1, 0.15) is 81.1 Å². The van der Waals surface area contributed by atoms with Gasteiger partial charge in [-0.3, -0.25) is 14.4 Å². The van der Waals surface area contributed by atoms with Crippen LogP contribution in [0.15, 0.2) is 12.1 Å². The number of hydrogen-bond donors (Lipinski definition) is 3. The number of nitrogens with zero attached hydrogens (tertiary/aromatic N) is 1. The third-order valence-electron chi connectivity index (χ3n) is 9.60. The van der Waals surface area contributed by atoms with Gasteiger partial charge in [-0.15, -0.1) is 0 Å². The van der Waals surface area contributed by atoms with E-state index in [1.165, 1.54) is 25.7 Å². The molecule has 1 aromatic rings. The molecule has 4 aliphatic carbocycles. The van der Waals surface area contributed by atoms with Crippen LogP contribution < -0.4 is 20.1 Å². The van der Waals surface area contributed by atoms with Gasteiger partial charge in [0.15, 0.2) is 0 Å². The fraction of sp³-hybridized carbons (Fsp3) is 0.655. The van der Waals surface area contributed by atoms with Crippen LogP contribution in [0.5, 0.6) is 11.5 Å². The predicted molar refractivity (Wildman–Crippen MR) is 138 cm³/mol. The highest BCUT2D eigenvalue weighted by Crippen LogP contribution is 2.49. The van der Waals surface area contributed by atoms with E-state index >= 15 is 0 Å². The molecule has 2 amide bonds. The van der Waals surface area contributed by atoms with Crippen LogP contribution in [0.3, 0.4) is 0 Å². The van der Waals surface area contributed by atoms with Crippen LogP contribution >= 0.6 is 0 Å². The fourth-order valence-electron chi connectivity index (χ4n) is 6.95. The van der Waals surface area contributed by atoms with Crippen LogP contribution in [-0.4, -0.2) is 48.7 Å². The molecule has 0 radical (unpaired) electrons. The third-order valence-corrected chi connectivity index (χ3v) is 9.60. The Labute approximate surface area is 223 Å². The smallest absolute Gasteiger partial charge is 0.309 e. The minimum Gasteiger partial charge on any atom is -0.496 e. The lowest BCUT2D eigenvalue weighted by Crippen LogP contribution is -2.51. The number of carbonyl (C=O) groups is 3. The Morgan fingerprint density at radius 3 is 2.45 bits per heavy atom. The molecule has 38 heavy (non-hydrogen) atoms. The number of rotatable bonds is 9. The lowest BCUT2D eigenvalue weighted by molar-refractivity contribution is -0.159. The first-order valence-corrected chi connectivity index (χ1v) is 13.7. The molecular weight excluding hydrogens is 486 g/mol. The Kier molecular flexibility index (Phi) is 6.79. The van der Waals surface area contributed by atoms with Gasteiger partial charge in [-0.25, -0.2) is 0 Å². The largest absolute Gasteiger partial charge is 0.496 e. The average molecular weight is 524 g/mol. The van der Waals surface area contributed by atoms with Gasteiger partial charge < -0.3 is 25.2 Å². The van der Waals surface area contributed by atoms with Crippen LogP contribution in [0.2, 0.25) is 0 Å². The monoisotopic (exact) mass is 523 g/mol. The average Bonchev–Trinajstić information content (AvgIpc) is 3.46. The Morgan fingerprint density at radius 1 is 1.13 bits per heavy atom. The molecule has 9 nitrogen and oxygen atoms in total. The summed E-state index contributed by atoms with van der Waals surface area (Å²) in [5, 5.41) is 25.4. The van der Waals surface area contributed by atoms with Gasteiger partial charge in [-0.05, 0) is 62.3 Å². The van der Waals surface area contributed by atoms with Crippen LogP contribution in [0.25, 0.3) is 0 Å². The molecule has 4 fully saturated rings. The lowest BCUT2D eigenvalue weighted by atomic mass is 9.68. The summed E-state index contributed by atoms with van der Waals surface area (Å²) in [7, 11) is 1.44. The molecule has 5 rings (SSSR count). The molecule has 1 aromatic carbocycles. The normalized spacial score (nSPS) is 32.3. The molecule has 9 heteroatoms. The van der Waals surface area contributed by atoms with Crippen molar-refractivity contribution in [1.82, 2.24) is 10.6 Å². The summed E-state index contributed by atoms with van der Waals surface area (Å²) < 4.78 is 11.4. The molecule has 204 valence electrons. The number of amides is 2. The van der Waals surface area contributed by atoms with Gasteiger partial charge >= 0.3 is 5.97 Å². The number of fused-ring (bicyclic) bond motifs is 2. The quantitative estimate of drug-likeness (QED) is 0.449. The standard InChI is InChI=1S/C29H37N3O6/c1-28(7-4-8-28)15-31-26(34)23-16-5-6-17(9-16)24(23)32-25(33)20-11-21(18(14-30)10-22(20)37-3)38-19-12-29(2,13-19)27(35)36/h10-11,16-17,19,23-24H,4-9,12-13,15H2,1-3H3,(H,31,34)(H,32,33)(H,35,36). The first-order chi connectivity index (χ1) is 18.1. The van der Waals surface area contributed by atoms with Crippen molar-refractivity contribution in [2.24, 2.45) is 28.6 Å². The number of carbonyl (C=O) groups excluding carboxylic acids is 2. The van der Waals surface area contributed by atoms with E-state index in [0.717, 1.165) is 32.1 Å². The van der Waals surface area contributed by atoms with Crippen LogP contribution in [-0.2, 0) is 9.59 Å². The van der Waals surface area contributed by atoms with Gasteiger partial charge in [0, 0.05) is 31.5 Å². The maximum Gasteiger partial charge on any atom is 0.309 e. The summed E-state index contributed by atoms with van der Waals surface area (Å²) >= 11 is 0. The van der Waals surface area contributed by atoms with Crippen LogP contribution in [0, 0.1) is 39.9 Å². The number of benzene rings is 1. The summed E-state index contributed by atoms with van der Waals surface area (Å²) in [6, 6.07) is 4.80. The van der Waals surface area contributed by atoms with Gasteiger partial charge in [0.25, 0.3) is 5.91 Å². The Bertz CT molecular complexity index is 1180. The Morgan fingerprint density at radius 2 is 1.84 bits per heavy atom. The SMILES string of the molecule is COc1cc(C#N)c(OC2CC(C)(C(=O)O)C2)cc1C(=O)NC1C2CCC(C2)C1C(=O)NCC1(C)CCC1. The maximum atomic E-state index is 13.6. The second-order valence-electron chi connectivity index (χ2n) is 12.4. The number of carboxylic acid groups (broad SMARTS) is 1. The lowest BCUT2D eigenvalue weighted by Gasteiger charge is -2.41. The number of methoxy groups -OCH3 is 1. The molecular formula is C29H37N3O6. The predicted octanol–water partition coefficient (Wildman–Crippen LogP) is 3.65. The van der Waals surface area contributed by atoms with Gasteiger partial charge in [0.1, 0.15) is 23.7 Å². The van der Waals surface area contributed by atoms with Gasteiger partial charge in [0.05, 0.1) is 29.6 Å². The van der Waals surface area contributed by atoms with E-state index < -0.39 is 11.4 Å². The van der Waals surface area contributed by atoms with E-state index in [1.54, 1.807) is 6.92 Å². The van der Waals surface area contributed by atoms with Crippen molar-refractivity contribution in [3.8, 4) is 17.6 Å². The summed E-state index contributed by atoms with van der Waals surface area (Å²) in [6.45, 7) is 4.55.